The van der Waals surface area contributed by atoms with Gasteiger partial charge in [-0.25, -0.2) is 4.98 Å². The summed E-state index contributed by atoms with van der Waals surface area (Å²) >= 11 is 6.23. The van der Waals surface area contributed by atoms with Crippen molar-refractivity contribution < 1.29 is 0 Å². The molecule has 0 radical (unpaired) electrons. The fraction of sp³-hybridized carbons (Fsp3) is 0.118. The molecular formula is C17H16ClN3. The Morgan fingerprint density at radius 1 is 1.00 bits per heavy atom. The van der Waals surface area contributed by atoms with Crippen molar-refractivity contribution in [2.24, 2.45) is 5.84 Å². The number of aryl methyl sites for hydroxylation is 1. The van der Waals surface area contributed by atoms with Crippen molar-refractivity contribution in [3.8, 4) is 11.3 Å². The van der Waals surface area contributed by atoms with E-state index in [0.717, 1.165) is 39.0 Å². The van der Waals surface area contributed by atoms with Crippen molar-refractivity contribution in [1.82, 2.24) is 4.98 Å². The van der Waals surface area contributed by atoms with Crippen molar-refractivity contribution in [3.63, 3.8) is 0 Å². The van der Waals surface area contributed by atoms with Gasteiger partial charge in [0.05, 0.1) is 16.9 Å². The Balaban J connectivity index is 2.42. The van der Waals surface area contributed by atoms with E-state index in [-0.39, 0.29) is 0 Å². The fourth-order valence-electron chi connectivity index (χ4n) is 2.60. The van der Waals surface area contributed by atoms with E-state index in [9.17, 15) is 0 Å². The Bertz CT molecular complexity index is 813. The molecule has 106 valence electrons. The lowest BCUT2D eigenvalue weighted by Gasteiger charge is -2.15. The number of benzene rings is 2. The highest BCUT2D eigenvalue weighted by Crippen LogP contribution is 2.35. The predicted octanol–water partition coefficient (Wildman–Crippen LogP) is 4.46. The predicted molar refractivity (Wildman–Crippen MR) is 89.5 cm³/mol. The van der Waals surface area contributed by atoms with Gasteiger partial charge in [-0.2, -0.15) is 0 Å². The smallest absolute Gasteiger partial charge is 0.0775 e. The van der Waals surface area contributed by atoms with E-state index in [2.05, 4.69) is 5.43 Å². The summed E-state index contributed by atoms with van der Waals surface area (Å²) in [5, 5.41) is 1.69. The van der Waals surface area contributed by atoms with Crippen LogP contribution in [0.15, 0.2) is 42.5 Å². The molecule has 0 unspecified atom stereocenters. The number of nitrogen functional groups attached to an aromatic ring is 1. The minimum absolute atomic E-state index is 0.709. The summed E-state index contributed by atoms with van der Waals surface area (Å²) in [6.45, 7) is 4.00. The third-order valence-corrected chi connectivity index (χ3v) is 4.19. The maximum Gasteiger partial charge on any atom is 0.0775 e. The molecule has 0 amide bonds. The molecule has 2 aromatic carbocycles. The molecule has 21 heavy (non-hydrogen) atoms. The van der Waals surface area contributed by atoms with E-state index in [1.807, 2.05) is 56.3 Å². The number of fused-ring (bicyclic) bond motifs is 1. The molecule has 0 saturated carbocycles. The number of nitrogens with one attached hydrogen (secondary N) is 1. The molecule has 0 aliphatic carbocycles. The van der Waals surface area contributed by atoms with Crippen molar-refractivity contribution in [3.05, 3.63) is 58.6 Å². The zero-order chi connectivity index (χ0) is 15.0. The second kappa shape index (κ2) is 5.35. The zero-order valence-corrected chi connectivity index (χ0v) is 12.7. The van der Waals surface area contributed by atoms with E-state index >= 15 is 0 Å². The summed E-state index contributed by atoms with van der Waals surface area (Å²) in [6, 6.07) is 13.9. The molecule has 1 aromatic heterocycles. The van der Waals surface area contributed by atoms with Gasteiger partial charge in [0.25, 0.3) is 0 Å². The Morgan fingerprint density at radius 2 is 1.71 bits per heavy atom. The van der Waals surface area contributed by atoms with Crippen LogP contribution in [0.5, 0.6) is 0 Å². The summed E-state index contributed by atoms with van der Waals surface area (Å²) in [7, 11) is 0. The van der Waals surface area contributed by atoms with Gasteiger partial charge >= 0.3 is 0 Å². The van der Waals surface area contributed by atoms with Crippen molar-refractivity contribution in [2.45, 2.75) is 13.8 Å². The number of nitrogens with zero attached hydrogens (tertiary/aromatic N) is 1. The highest BCUT2D eigenvalue weighted by Gasteiger charge is 2.14. The lowest BCUT2D eigenvalue weighted by Crippen LogP contribution is -2.10. The molecule has 4 heteroatoms. The van der Waals surface area contributed by atoms with Gasteiger partial charge in [0, 0.05) is 21.5 Å². The van der Waals surface area contributed by atoms with Crippen LogP contribution in [0, 0.1) is 13.8 Å². The van der Waals surface area contributed by atoms with Crippen LogP contribution in [0.3, 0.4) is 0 Å². The Hall–Kier alpha value is -2.10. The van der Waals surface area contributed by atoms with E-state index in [1.165, 1.54) is 0 Å². The van der Waals surface area contributed by atoms with Gasteiger partial charge in [0.2, 0.25) is 0 Å². The summed E-state index contributed by atoms with van der Waals surface area (Å²) in [6.07, 6.45) is 0. The summed E-state index contributed by atoms with van der Waals surface area (Å²) in [5.41, 5.74) is 8.54. The van der Waals surface area contributed by atoms with Crippen LogP contribution in [0.2, 0.25) is 5.02 Å². The number of halogens is 1. The van der Waals surface area contributed by atoms with E-state index in [1.54, 1.807) is 0 Å². The third-order valence-electron chi connectivity index (χ3n) is 3.78. The molecule has 0 aliphatic rings. The maximum absolute atomic E-state index is 6.23. The molecule has 3 nitrogen and oxygen atoms in total. The first kappa shape index (κ1) is 13.9. The summed E-state index contributed by atoms with van der Waals surface area (Å²) < 4.78 is 0. The van der Waals surface area contributed by atoms with Crippen LogP contribution < -0.4 is 11.3 Å². The SMILES string of the molecule is Cc1c(-c2ccccc2)nc2c(C)c(Cl)ccc2c1NN. The Labute approximate surface area is 128 Å². The number of nitrogens with two attached hydrogens (primary N) is 1. The highest BCUT2D eigenvalue weighted by molar-refractivity contribution is 6.32. The largest absolute Gasteiger partial charge is 0.323 e. The summed E-state index contributed by atoms with van der Waals surface area (Å²) in [5.74, 6) is 5.74. The zero-order valence-electron chi connectivity index (χ0n) is 11.9. The summed E-state index contributed by atoms with van der Waals surface area (Å²) in [4.78, 5) is 4.83. The topological polar surface area (TPSA) is 50.9 Å². The van der Waals surface area contributed by atoms with Crippen molar-refractivity contribution in [1.29, 1.82) is 0 Å². The number of aromatic nitrogens is 1. The van der Waals surface area contributed by atoms with Crippen LogP contribution in [-0.2, 0) is 0 Å². The van der Waals surface area contributed by atoms with Crippen LogP contribution in [0.25, 0.3) is 22.2 Å². The monoisotopic (exact) mass is 297 g/mol. The Kier molecular flexibility index (Phi) is 3.53. The molecule has 0 aliphatic heterocycles. The van der Waals surface area contributed by atoms with Gasteiger partial charge in [-0.15, -0.1) is 0 Å². The minimum atomic E-state index is 0.709. The molecule has 0 spiro atoms. The maximum atomic E-state index is 6.23. The second-order valence-corrected chi connectivity index (χ2v) is 5.45. The lowest BCUT2D eigenvalue weighted by molar-refractivity contribution is 1.27. The standard InChI is InChI=1S/C17H16ClN3/c1-10-14(18)9-8-13-16(10)20-15(11(2)17(13)21-19)12-6-4-3-5-7-12/h3-9H,19H2,1-2H3,(H,20,21). The number of hydrogen-bond donors (Lipinski definition) is 2. The van der Waals surface area contributed by atoms with E-state index < -0.39 is 0 Å². The quantitative estimate of drug-likeness (QED) is 0.542. The third kappa shape index (κ3) is 2.24. The molecule has 0 saturated heterocycles. The normalized spacial score (nSPS) is 10.9. The van der Waals surface area contributed by atoms with Crippen molar-refractivity contribution >= 4 is 28.2 Å². The van der Waals surface area contributed by atoms with E-state index in [0.29, 0.717) is 5.02 Å². The first-order valence-corrected chi connectivity index (χ1v) is 7.12. The first-order valence-electron chi connectivity index (χ1n) is 6.75. The molecule has 3 rings (SSSR count). The molecule has 3 aromatic rings. The van der Waals surface area contributed by atoms with Crippen LogP contribution in [0.4, 0.5) is 5.69 Å². The average molecular weight is 298 g/mol. The van der Waals surface area contributed by atoms with E-state index in [4.69, 9.17) is 22.4 Å². The van der Waals surface area contributed by atoms with Gasteiger partial charge in [-0.1, -0.05) is 41.9 Å². The van der Waals surface area contributed by atoms with Gasteiger partial charge in [-0.05, 0) is 31.5 Å². The lowest BCUT2D eigenvalue weighted by atomic mass is 10.0. The first-order chi connectivity index (χ1) is 10.1. The number of anilines is 1. The second-order valence-electron chi connectivity index (χ2n) is 5.04. The molecule has 0 atom stereocenters. The van der Waals surface area contributed by atoms with Gasteiger partial charge in [0.1, 0.15) is 0 Å². The number of hydrogen-bond acceptors (Lipinski definition) is 3. The molecule has 0 bridgehead atoms. The molecule has 1 heterocycles. The number of rotatable bonds is 2. The van der Waals surface area contributed by atoms with Crippen LogP contribution in [-0.4, -0.2) is 4.98 Å². The fourth-order valence-corrected chi connectivity index (χ4v) is 2.75. The molecule has 0 fully saturated rings. The average Bonchev–Trinajstić information content (AvgIpc) is 2.51. The number of hydrazine groups is 1. The van der Waals surface area contributed by atoms with Crippen LogP contribution >= 0.6 is 11.6 Å². The molecule has 3 N–H and O–H groups in total. The Morgan fingerprint density at radius 3 is 2.38 bits per heavy atom. The number of pyridine rings is 1. The molecular weight excluding hydrogens is 282 g/mol. The van der Waals surface area contributed by atoms with Crippen molar-refractivity contribution in [2.75, 3.05) is 5.43 Å². The van der Waals surface area contributed by atoms with Crippen LogP contribution in [0.1, 0.15) is 11.1 Å². The van der Waals surface area contributed by atoms with Gasteiger partial charge in [-0.3, -0.25) is 5.84 Å². The van der Waals surface area contributed by atoms with Gasteiger partial charge < -0.3 is 5.43 Å². The van der Waals surface area contributed by atoms with Gasteiger partial charge in [0.15, 0.2) is 0 Å². The highest BCUT2D eigenvalue weighted by atomic mass is 35.5. The minimum Gasteiger partial charge on any atom is -0.323 e.